The van der Waals surface area contributed by atoms with Crippen LogP contribution in [0.4, 0.5) is 5.69 Å². The van der Waals surface area contributed by atoms with Gasteiger partial charge in [-0.3, -0.25) is 4.99 Å². The van der Waals surface area contributed by atoms with Crippen molar-refractivity contribution >= 4 is 50.4 Å². The van der Waals surface area contributed by atoms with E-state index >= 15 is 0 Å². The fourth-order valence-corrected chi connectivity index (χ4v) is 2.95. The Balaban J connectivity index is 2.21. The number of rotatable bonds is 4. The molecular weight excluding hydrogens is 429 g/mol. The Labute approximate surface area is 141 Å². The average Bonchev–Trinajstić information content (AvgIpc) is 2.41. The molecule has 0 amide bonds. The SMILES string of the molecule is CCOc1ccc(C=Nc2ccc(Br)cc2C)cc1I. The van der Waals surface area contributed by atoms with Gasteiger partial charge in [-0.25, -0.2) is 0 Å². The number of aliphatic imine (C=N–C) groups is 1. The normalized spacial score (nSPS) is 11.0. The summed E-state index contributed by atoms with van der Waals surface area (Å²) >= 11 is 5.74. The third-order valence-corrected chi connectivity index (χ3v) is 4.10. The maximum absolute atomic E-state index is 5.53. The van der Waals surface area contributed by atoms with Crippen LogP contribution in [-0.4, -0.2) is 12.8 Å². The lowest BCUT2D eigenvalue weighted by Gasteiger charge is -2.06. The van der Waals surface area contributed by atoms with Crippen LogP contribution < -0.4 is 4.74 Å². The molecule has 2 nitrogen and oxygen atoms in total. The Kier molecular flexibility index (Phi) is 5.60. The predicted octanol–water partition coefficient (Wildman–Crippen LogP) is 5.51. The zero-order valence-corrected chi connectivity index (χ0v) is 15.1. The second-order valence-electron chi connectivity index (χ2n) is 4.31. The molecule has 104 valence electrons. The summed E-state index contributed by atoms with van der Waals surface area (Å²) in [5.74, 6) is 0.921. The first-order chi connectivity index (χ1) is 9.60. The van der Waals surface area contributed by atoms with E-state index in [-0.39, 0.29) is 0 Å². The van der Waals surface area contributed by atoms with Crippen molar-refractivity contribution in [2.24, 2.45) is 4.99 Å². The van der Waals surface area contributed by atoms with E-state index in [1.807, 2.05) is 37.4 Å². The van der Waals surface area contributed by atoms with Crippen molar-refractivity contribution in [1.82, 2.24) is 0 Å². The van der Waals surface area contributed by atoms with Crippen molar-refractivity contribution in [3.8, 4) is 5.75 Å². The second-order valence-corrected chi connectivity index (χ2v) is 6.39. The molecule has 0 atom stereocenters. The van der Waals surface area contributed by atoms with Crippen LogP contribution in [-0.2, 0) is 0 Å². The predicted molar refractivity (Wildman–Crippen MR) is 96.5 cm³/mol. The Morgan fingerprint density at radius 1 is 1.25 bits per heavy atom. The molecule has 0 aliphatic heterocycles. The molecule has 0 aliphatic carbocycles. The average molecular weight is 444 g/mol. The smallest absolute Gasteiger partial charge is 0.132 e. The Hall–Kier alpha value is -0.880. The van der Waals surface area contributed by atoms with Crippen molar-refractivity contribution in [2.45, 2.75) is 13.8 Å². The summed E-state index contributed by atoms with van der Waals surface area (Å²) in [5.41, 5.74) is 3.20. The van der Waals surface area contributed by atoms with Gasteiger partial charge in [-0.05, 0) is 84.0 Å². The largest absolute Gasteiger partial charge is 0.493 e. The lowest BCUT2D eigenvalue weighted by Crippen LogP contribution is -1.94. The fraction of sp³-hybridized carbons (Fsp3) is 0.188. The molecule has 0 heterocycles. The molecule has 2 rings (SSSR count). The third-order valence-electron chi connectivity index (χ3n) is 2.77. The van der Waals surface area contributed by atoms with E-state index in [1.54, 1.807) is 0 Å². The first-order valence-electron chi connectivity index (χ1n) is 6.32. The van der Waals surface area contributed by atoms with E-state index in [0.717, 1.165) is 30.6 Å². The molecule has 2 aromatic carbocycles. The fourth-order valence-electron chi connectivity index (χ4n) is 1.78. The summed E-state index contributed by atoms with van der Waals surface area (Å²) in [4.78, 5) is 4.54. The molecule has 0 N–H and O–H groups in total. The number of nitrogens with zero attached hydrogens (tertiary/aromatic N) is 1. The van der Waals surface area contributed by atoms with Gasteiger partial charge < -0.3 is 4.74 Å². The first kappa shape index (κ1) is 15.5. The molecule has 0 aliphatic rings. The molecule has 20 heavy (non-hydrogen) atoms. The van der Waals surface area contributed by atoms with E-state index in [0.29, 0.717) is 6.61 Å². The monoisotopic (exact) mass is 443 g/mol. The van der Waals surface area contributed by atoms with Crippen LogP contribution in [0.15, 0.2) is 45.9 Å². The van der Waals surface area contributed by atoms with Crippen LogP contribution in [0.1, 0.15) is 18.1 Å². The number of benzene rings is 2. The zero-order chi connectivity index (χ0) is 14.5. The van der Waals surface area contributed by atoms with Gasteiger partial charge in [0.15, 0.2) is 0 Å². The number of ether oxygens (including phenoxy) is 1. The lowest BCUT2D eigenvalue weighted by molar-refractivity contribution is 0.338. The maximum atomic E-state index is 5.53. The van der Waals surface area contributed by atoms with Gasteiger partial charge in [0, 0.05) is 10.7 Å². The Morgan fingerprint density at radius 2 is 2.05 bits per heavy atom. The molecule has 0 unspecified atom stereocenters. The van der Waals surface area contributed by atoms with Crippen LogP contribution >= 0.6 is 38.5 Å². The van der Waals surface area contributed by atoms with Gasteiger partial charge in [-0.1, -0.05) is 15.9 Å². The van der Waals surface area contributed by atoms with E-state index in [4.69, 9.17) is 4.74 Å². The van der Waals surface area contributed by atoms with E-state index in [2.05, 4.69) is 62.6 Å². The van der Waals surface area contributed by atoms with Gasteiger partial charge in [-0.2, -0.15) is 0 Å². The standard InChI is InChI=1S/C16H15BrINO/c1-3-20-16-7-4-12(9-14(16)18)10-19-15-6-5-13(17)8-11(15)2/h4-10H,3H2,1-2H3. The summed E-state index contributed by atoms with van der Waals surface area (Å²) in [6.07, 6.45) is 1.88. The quantitative estimate of drug-likeness (QED) is 0.450. The van der Waals surface area contributed by atoms with Crippen LogP contribution in [0.5, 0.6) is 5.75 Å². The third kappa shape index (κ3) is 4.06. The minimum atomic E-state index is 0.682. The molecule has 0 aromatic heterocycles. The molecule has 4 heteroatoms. The number of hydrogen-bond donors (Lipinski definition) is 0. The summed E-state index contributed by atoms with van der Waals surface area (Å²) in [7, 11) is 0. The molecule has 0 radical (unpaired) electrons. The van der Waals surface area contributed by atoms with Crippen molar-refractivity contribution in [1.29, 1.82) is 0 Å². The van der Waals surface area contributed by atoms with Gasteiger partial charge in [0.2, 0.25) is 0 Å². The molecule has 0 saturated heterocycles. The van der Waals surface area contributed by atoms with E-state index < -0.39 is 0 Å². The summed E-state index contributed by atoms with van der Waals surface area (Å²) in [6, 6.07) is 12.2. The topological polar surface area (TPSA) is 21.6 Å². The number of hydrogen-bond acceptors (Lipinski definition) is 2. The highest BCUT2D eigenvalue weighted by Crippen LogP contribution is 2.24. The van der Waals surface area contributed by atoms with Crippen molar-refractivity contribution in [2.75, 3.05) is 6.61 Å². The zero-order valence-electron chi connectivity index (χ0n) is 11.4. The highest BCUT2D eigenvalue weighted by Gasteiger charge is 2.01. The number of halogens is 2. The van der Waals surface area contributed by atoms with Gasteiger partial charge >= 0.3 is 0 Å². The molecule has 0 fully saturated rings. The molecular formula is C16H15BrINO. The first-order valence-corrected chi connectivity index (χ1v) is 8.20. The summed E-state index contributed by atoms with van der Waals surface area (Å²) < 4.78 is 7.70. The second kappa shape index (κ2) is 7.22. The Morgan fingerprint density at radius 3 is 2.70 bits per heavy atom. The van der Waals surface area contributed by atoms with E-state index in [9.17, 15) is 0 Å². The molecule has 2 aromatic rings. The van der Waals surface area contributed by atoms with E-state index in [1.165, 1.54) is 0 Å². The van der Waals surface area contributed by atoms with Crippen LogP contribution in [0, 0.1) is 10.5 Å². The molecule has 0 bridgehead atoms. The summed E-state index contributed by atoms with van der Waals surface area (Å²) in [5, 5.41) is 0. The molecule has 0 spiro atoms. The van der Waals surface area contributed by atoms with Crippen molar-refractivity contribution in [3.05, 3.63) is 55.6 Å². The van der Waals surface area contributed by atoms with Crippen LogP contribution in [0.25, 0.3) is 0 Å². The van der Waals surface area contributed by atoms with Crippen LogP contribution in [0.3, 0.4) is 0 Å². The van der Waals surface area contributed by atoms with Crippen molar-refractivity contribution < 1.29 is 4.74 Å². The maximum Gasteiger partial charge on any atom is 0.132 e. The molecule has 0 saturated carbocycles. The summed E-state index contributed by atoms with van der Waals surface area (Å²) in [6.45, 7) is 4.72. The minimum Gasteiger partial charge on any atom is -0.493 e. The van der Waals surface area contributed by atoms with Crippen molar-refractivity contribution in [3.63, 3.8) is 0 Å². The highest BCUT2D eigenvalue weighted by molar-refractivity contribution is 14.1. The van der Waals surface area contributed by atoms with Gasteiger partial charge in [0.1, 0.15) is 5.75 Å². The number of aryl methyl sites for hydroxylation is 1. The lowest BCUT2D eigenvalue weighted by atomic mass is 10.2. The Bertz CT molecular complexity index is 640. The van der Waals surface area contributed by atoms with Gasteiger partial charge in [0.25, 0.3) is 0 Å². The minimum absolute atomic E-state index is 0.682. The van der Waals surface area contributed by atoms with Gasteiger partial charge in [-0.15, -0.1) is 0 Å². The van der Waals surface area contributed by atoms with Crippen LogP contribution in [0.2, 0.25) is 0 Å². The highest BCUT2D eigenvalue weighted by atomic mass is 127. The van der Waals surface area contributed by atoms with Gasteiger partial charge in [0.05, 0.1) is 15.9 Å².